The number of aryl methyl sites for hydroxylation is 1. The van der Waals surface area contributed by atoms with Crippen molar-refractivity contribution in [2.75, 3.05) is 45.8 Å². The summed E-state index contributed by atoms with van der Waals surface area (Å²) in [7, 11) is 4.79. The molecule has 3 aliphatic rings. The number of halogens is 1. The first-order chi connectivity index (χ1) is 17.8. The van der Waals surface area contributed by atoms with Crippen molar-refractivity contribution >= 4 is 29.2 Å². The first-order valence-electron chi connectivity index (χ1n) is 13.4. The second-order valence-electron chi connectivity index (χ2n) is 11.2. The Labute approximate surface area is 224 Å². The first-order valence-corrected chi connectivity index (χ1v) is 13.8. The Balaban J connectivity index is 1.54. The lowest BCUT2D eigenvalue weighted by molar-refractivity contribution is -0.145. The van der Waals surface area contributed by atoms with Gasteiger partial charge in [0.15, 0.2) is 0 Å². The normalized spacial score (nSPS) is 21.7. The summed E-state index contributed by atoms with van der Waals surface area (Å²) in [5, 5.41) is 0.783. The van der Waals surface area contributed by atoms with Crippen molar-refractivity contribution in [3.8, 4) is 5.75 Å². The third-order valence-corrected chi connectivity index (χ3v) is 8.77. The molecule has 1 heterocycles. The minimum atomic E-state index is -0.662. The summed E-state index contributed by atoms with van der Waals surface area (Å²) in [6, 6.07) is 12.3. The molecule has 37 heavy (non-hydrogen) atoms. The molecule has 0 saturated heterocycles. The number of amides is 1. The van der Waals surface area contributed by atoms with Crippen LogP contribution in [-0.4, -0.2) is 57.7 Å². The molecule has 2 aliphatic carbocycles. The average molecular weight is 525 g/mol. The second kappa shape index (κ2) is 10.6. The molecule has 2 aromatic carbocycles. The van der Waals surface area contributed by atoms with E-state index >= 15 is 0 Å². The van der Waals surface area contributed by atoms with Gasteiger partial charge in [0.05, 0.1) is 25.3 Å². The van der Waals surface area contributed by atoms with Crippen LogP contribution in [0.3, 0.4) is 0 Å². The van der Waals surface area contributed by atoms with E-state index in [0.29, 0.717) is 12.5 Å². The molecular formula is C30H37ClN2O4. The molecule has 1 spiro atoms. The lowest BCUT2D eigenvalue weighted by Crippen LogP contribution is -2.47. The number of carbonyl (C=O) groups excluding carboxylic acids is 2. The highest BCUT2D eigenvalue weighted by atomic mass is 35.5. The zero-order valence-corrected chi connectivity index (χ0v) is 22.9. The Morgan fingerprint density at radius 2 is 2.00 bits per heavy atom. The quantitative estimate of drug-likeness (QED) is 0.477. The van der Waals surface area contributed by atoms with E-state index in [1.165, 1.54) is 42.4 Å². The van der Waals surface area contributed by atoms with E-state index in [0.717, 1.165) is 54.4 Å². The fraction of sp³-hybridized carbons (Fsp3) is 0.533. The Kier molecular flexibility index (Phi) is 7.39. The predicted octanol–water partition coefficient (Wildman–Crippen LogP) is 5.35. The number of nitrogens with zero attached hydrogens (tertiary/aromatic N) is 2. The molecule has 0 bridgehead atoms. The van der Waals surface area contributed by atoms with Crippen molar-refractivity contribution in [3.63, 3.8) is 0 Å². The van der Waals surface area contributed by atoms with Crippen LogP contribution in [0.4, 0.5) is 5.69 Å². The maximum Gasteiger partial charge on any atom is 0.313 e. The van der Waals surface area contributed by atoms with Gasteiger partial charge < -0.3 is 19.3 Å². The highest BCUT2D eigenvalue weighted by Crippen LogP contribution is 2.46. The van der Waals surface area contributed by atoms with Crippen molar-refractivity contribution in [2.24, 2.45) is 5.92 Å². The first kappa shape index (κ1) is 25.9. The largest absolute Gasteiger partial charge is 0.490 e. The van der Waals surface area contributed by atoms with Gasteiger partial charge in [-0.25, -0.2) is 0 Å². The van der Waals surface area contributed by atoms with Crippen LogP contribution in [0.2, 0.25) is 5.02 Å². The molecule has 1 amide bonds. The molecule has 5 rings (SSSR count). The summed E-state index contributed by atoms with van der Waals surface area (Å²) >= 11 is 6.37. The van der Waals surface area contributed by atoms with E-state index < -0.39 is 11.9 Å². The zero-order chi connectivity index (χ0) is 26.2. The molecule has 1 saturated carbocycles. The maximum absolute atomic E-state index is 12.8. The van der Waals surface area contributed by atoms with Crippen LogP contribution >= 0.6 is 11.6 Å². The van der Waals surface area contributed by atoms with Gasteiger partial charge in [-0.05, 0) is 79.0 Å². The molecule has 7 heteroatoms. The Bertz CT molecular complexity index is 1180. The number of esters is 1. The van der Waals surface area contributed by atoms with E-state index in [1.807, 2.05) is 18.2 Å². The molecule has 198 valence electrons. The topological polar surface area (TPSA) is 59.1 Å². The highest BCUT2D eigenvalue weighted by Gasteiger charge is 2.42. The van der Waals surface area contributed by atoms with Gasteiger partial charge in [-0.3, -0.25) is 9.59 Å². The van der Waals surface area contributed by atoms with Gasteiger partial charge >= 0.3 is 5.97 Å². The summed E-state index contributed by atoms with van der Waals surface area (Å²) in [4.78, 5) is 29.3. The molecule has 1 aliphatic heterocycles. The number of benzene rings is 2. The maximum atomic E-state index is 12.8. The fourth-order valence-electron chi connectivity index (χ4n) is 6.17. The standard InChI is InChI=1S/C30H37ClN2O4/c1-32(2)28(34)16-24(29(35)36-3)21-9-12-27-26(15-21)33(17-20-6-4-7-20)18-30(19-37-27)13-5-8-22-14-23(31)10-11-25(22)30/h9-12,14-15,20,24H,4-8,13,16-19H2,1-3H3/t24-,30-/m0/s1. The zero-order valence-electron chi connectivity index (χ0n) is 22.1. The Morgan fingerprint density at radius 3 is 2.70 bits per heavy atom. The van der Waals surface area contributed by atoms with Crippen molar-refractivity contribution in [3.05, 3.63) is 58.1 Å². The Morgan fingerprint density at radius 1 is 1.19 bits per heavy atom. The summed E-state index contributed by atoms with van der Waals surface area (Å²) in [6.07, 6.45) is 7.04. The van der Waals surface area contributed by atoms with Gasteiger partial charge in [-0.1, -0.05) is 30.2 Å². The fourth-order valence-corrected chi connectivity index (χ4v) is 6.37. The lowest BCUT2D eigenvalue weighted by Gasteiger charge is -2.42. The van der Waals surface area contributed by atoms with Crippen LogP contribution in [0.25, 0.3) is 0 Å². The van der Waals surface area contributed by atoms with Crippen LogP contribution in [-0.2, 0) is 26.2 Å². The van der Waals surface area contributed by atoms with E-state index in [-0.39, 0.29) is 17.7 Å². The number of rotatable bonds is 6. The number of carbonyl (C=O) groups is 2. The van der Waals surface area contributed by atoms with Gasteiger partial charge in [0.25, 0.3) is 0 Å². The SMILES string of the molecule is COC(=O)[C@@H](CC(=O)N(C)C)c1ccc2c(c1)N(CC1CCC1)C[C@@]1(CCCc3cc(Cl)ccc31)CO2. The smallest absolute Gasteiger partial charge is 0.313 e. The molecule has 0 N–H and O–H groups in total. The van der Waals surface area contributed by atoms with Gasteiger partial charge in [0.2, 0.25) is 5.91 Å². The number of methoxy groups -OCH3 is 1. The van der Waals surface area contributed by atoms with Crippen LogP contribution < -0.4 is 9.64 Å². The summed E-state index contributed by atoms with van der Waals surface area (Å²) < 4.78 is 11.7. The predicted molar refractivity (Wildman–Crippen MR) is 146 cm³/mol. The number of fused-ring (bicyclic) bond motifs is 3. The number of anilines is 1. The number of hydrogen-bond acceptors (Lipinski definition) is 5. The third kappa shape index (κ3) is 5.18. The molecule has 0 aromatic heterocycles. The van der Waals surface area contributed by atoms with E-state index in [1.54, 1.807) is 14.1 Å². The molecule has 6 nitrogen and oxygen atoms in total. The Hall–Kier alpha value is -2.73. The van der Waals surface area contributed by atoms with Gasteiger partial charge in [0.1, 0.15) is 5.75 Å². The molecule has 0 unspecified atom stereocenters. The summed E-state index contributed by atoms with van der Waals surface area (Å²) in [6.45, 7) is 2.42. The summed E-state index contributed by atoms with van der Waals surface area (Å²) in [5.74, 6) is 0.329. The van der Waals surface area contributed by atoms with Crippen LogP contribution in [0.5, 0.6) is 5.75 Å². The molecule has 0 radical (unpaired) electrons. The van der Waals surface area contributed by atoms with E-state index in [4.69, 9.17) is 21.1 Å². The van der Waals surface area contributed by atoms with Crippen LogP contribution in [0.1, 0.15) is 61.1 Å². The van der Waals surface area contributed by atoms with E-state index in [9.17, 15) is 9.59 Å². The number of ether oxygens (including phenoxy) is 2. The molecule has 2 atom stereocenters. The second-order valence-corrected chi connectivity index (χ2v) is 11.6. The minimum absolute atomic E-state index is 0.0695. The average Bonchev–Trinajstić information content (AvgIpc) is 3.01. The monoisotopic (exact) mass is 524 g/mol. The highest BCUT2D eigenvalue weighted by molar-refractivity contribution is 6.30. The van der Waals surface area contributed by atoms with Gasteiger partial charge in [0, 0.05) is 44.0 Å². The van der Waals surface area contributed by atoms with Crippen molar-refractivity contribution in [1.29, 1.82) is 0 Å². The molecule has 1 fully saturated rings. The van der Waals surface area contributed by atoms with Gasteiger partial charge in [-0.15, -0.1) is 0 Å². The minimum Gasteiger partial charge on any atom is -0.490 e. The lowest BCUT2D eigenvalue weighted by atomic mass is 9.70. The van der Waals surface area contributed by atoms with E-state index in [2.05, 4.69) is 23.1 Å². The van der Waals surface area contributed by atoms with Crippen molar-refractivity contribution < 1.29 is 19.1 Å². The van der Waals surface area contributed by atoms with Crippen molar-refractivity contribution in [1.82, 2.24) is 4.90 Å². The van der Waals surface area contributed by atoms with Crippen molar-refractivity contribution in [2.45, 2.75) is 56.3 Å². The van der Waals surface area contributed by atoms with Gasteiger partial charge in [-0.2, -0.15) is 0 Å². The summed E-state index contributed by atoms with van der Waals surface area (Å²) in [5.41, 5.74) is 4.34. The molecule has 2 aromatic rings. The molecular weight excluding hydrogens is 488 g/mol. The third-order valence-electron chi connectivity index (χ3n) is 8.53. The van der Waals surface area contributed by atoms with Crippen LogP contribution in [0, 0.1) is 5.92 Å². The number of hydrogen-bond donors (Lipinski definition) is 0. The van der Waals surface area contributed by atoms with Crippen LogP contribution in [0.15, 0.2) is 36.4 Å².